The van der Waals surface area contributed by atoms with Gasteiger partial charge in [-0.25, -0.2) is 0 Å². The molecule has 134 valence electrons. The van der Waals surface area contributed by atoms with E-state index in [1.54, 1.807) is 11.8 Å². The second-order valence-corrected chi connectivity index (χ2v) is 7.18. The number of anilines is 1. The monoisotopic (exact) mass is 343 g/mol. The highest BCUT2D eigenvalue weighted by molar-refractivity contribution is 6.03. The van der Waals surface area contributed by atoms with Crippen molar-refractivity contribution in [3.63, 3.8) is 0 Å². The Balaban J connectivity index is 1.48. The number of amides is 2. The molecule has 2 unspecified atom stereocenters. The number of hydrogen-bond acceptors (Lipinski definition) is 4. The topological polar surface area (TPSA) is 53.1 Å². The lowest BCUT2D eigenvalue weighted by Gasteiger charge is -2.44. The summed E-state index contributed by atoms with van der Waals surface area (Å²) in [6, 6.07) is 7.91. The molecule has 0 radical (unpaired) electrons. The van der Waals surface area contributed by atoms with Crippen LogP contribution in [0.3, 0.4) is 0 Å². The second-order valence-electron chi connectivity index (χ2n) is 7.18. The van der Waals surface area contributed by atoms with Crippen molar-refractivity contribution in [2.24, 2.45) is 0 Å². The van der Waals surface area contributed by atoms with Gasteiger partial charge in [0.1, 0.15) is 12.3 Å². The van der Waals surface area contributed by atoms with Gasteiger partial charge in [0, 0.05) is 25.7 Å². The van der Waals surface area contributed by atoms with E-state index in [-0.39, 0.29) is 18.4 Å². The Morgan fingerprint density at radius 2 is 2.04 bits per heavy atom. The summed E-state index contributed by atoms with van der Waals surface area (Å²) in [5.74, 6) is 0.547. The Hall–Kier alpha value is -2.08. The van der Waals surface area contributed by atoms with Gasteiger partial charge in [0.05, 0.1) is 5.69 Å². The van der Waals surface area contributed by atoms with Crippen LogP contribution >= 0.6 is 0 Å². The van der Waals surface area contributed by atoms with Crippen LogP contribution in [-0.2, 0) is 9.59 Å². The number of piperidine rings is 1. The molecule has 2 atom stereocenters. The molecule has 2 fully saturated rings. The molecule has 0 saturated carbocycles. The first-order valence-corrected chi connectivity index (χ1v) is 9.22. The van der Waals surface area contributed by atoms with Gasteiger partial charge in [-0.2, -0.15) is 0 Å². The standard InChI is InChI=1S/C19H25N3O3/c1-14-19(24)22(16-7-2-3-8-17(16)25-14)13-18(23)21-11-10-20-9-5-4-6-15(20)12-21/h2-3,7-8,14-15H,4-6,9-13H2,1H3. The van der Waals surface area contributed by atoms with E-state index in [1.807, 2.05) is 29.2 Å². The molecule has 6 nitrogen and oxygen atoms in total. The third kappa shape index (κ3) is 3.11. The minimum atomic E-state index is -0.558. The number of rotatable bonds is 2. The van der Waals surface area contributed by atoms with E-state index in [4.69, 9.17) is 4.74 Å². The molecule has 2 saturated heterocycles. The van der Waals surface area contributed by atoms with Gasteiger partial charge >= 0.3 is 0 Å². The van der Waals surface area contributed by atoms with Gasteiger partial charge < -0.3 is 9.64 Å². The van der Waals surface area contributed by atoms with Crippen molar-refractivity contribution in [1.29, 1.82) is 0 Å². The van der Waals surface area contributed by atoms with E-state index in [9.17, 15) is 9.59 Å². The molecule has 25 heavy (non-hydrogen) atoms. The molecule has 1 aromatic carbocycles. The third-order valence-electron chi connectivity index (χ3n) is 5.56. The number of hydrogen-bond donors (Lipinski definition) is 0. The van der Waals surface area contributed by atoms with Gasteiger partial charge in [0.2, 0.25) is 5.91 Å². The maximum Gasteiger partial charge on any atom is 0.268 e. The molecule has 0 spiro atoms. The third-order valence-corrected chi connectivity index (χ3v) is 5.56. The number of fused-ring (bicyclic) bond motifs is 2. The average Bonchev–Trinajstić information content (AvgIpc) is 2.65. The number of benzene rings is 1. The van der Waals surface area contributed by atoms with Crippen LogP contribution in [-0.4, -0.2) is 66.5 Å². The van der Waals surface area contributed by atoms with Crippen molar-refractivity contribution in [2.75, 3.05) is 37.6 Å². The summed E-state index contributed by atoms with van der Waals surface area (Å²) in [6.07, 6.45) is 3.12. The van der Waals surface area contributed by atoms with Crippen LogP contribution in [0.25, 0.3) is 0 Å². The van der Waals surface area contributed by atoms with Gasteiger partial charge in [-0.1, -0.05) is 18.6 Å². The predicted molar refractivity (Wildman–Crippen MR) is 94.7 cm³/mol. The largest absolute Gasteiger partial charge is 0.479 e. The SMILES string of the molecule is CC1Oc2ccccc2N(CC(=O)N2CCN3CCCCC3C2)C1=O. The van der Waals surface area contributed by atoms with Crippen LogP contribution in [0.2, 0.25) is 0 Å². The quantitative estimate of drug-likeness (QED) is 0.817. The zero-order valence-corrected chi connectivity index (χ0v) is 14.7. The summed E-state index contributed by atoms with van der Waals surface area (Å²) in [7, 11) is 0. The summed E-state index contributed by atoms with van der Waals surface area (Å²) in [5.41, 5.74) is 0.690. The number of piperazine rings is 1. The first-order chi connectivity index (χ1) is 12.1. The smallest absolute Gasteiger partial charge is 0.268 e. The molecular weight excluding hydrogens is 318 g/mol. The van der Waals surface area contributed by atoms with Crippen molar-refractivity contribution in [3.8, 4) is 5.75 Å². The fourth-order valence-electron chi connectivity index (χ4n) is 4.14. The van der Waals surface area contributed by atoms with Crippen molar-refractivity contribution in [1.82, 2.24) is 9.80 Å². The van der Waals surface area contributed by atoms with Gasteiger partial charge in [0.15, 0.2) is 6.10 Å². The number of carbonyl (C=O) groups excluding carboxylic acids is 2. The fraction of sp³-hybridized carbons (Fsp3) is 0.579. The van der Waals surface area contributed by atoms with Crippen LogP contribution in [0.5, 0.6) is 5.75 Å². The first-order valence-electron chi connectivity index (χ1n) is 9.22. The highest BCUT2D eigenvalue weighted by atomic mass is 16.5. The van der Waals surface area contributed by atoms with Crippen LogP contribution < -0.4 is 9.64 Å². The lowest BCUT2D eigenvalue weighted by molar-refractivity contribution is -0.135. The van der Waals surface area contributed by atoms with Gasteiger partial charge in [0.25, 0.3) is 5.91 Å². The Bertz CT molecular complexity index is 678. The average molecular weight is 343 g/mol. The maximum absolute atomic E-state index is 12.9. The molecule has 3 aliphatic heterocycles. The zero-order valence-electron chi connectivity index (χ0n) is 14.7. The van der Waals surface area contributed by atoms with Crippen molar-refractivity contribution >= 4 is 17.5 Å². The Morgan fingerprint density at radius 1 is 1.20 bits per heavy atom. The number of para-hydroxylation sites is 2. The molecule has 2 amide bonds. The highest BCUT2D eigenvalue weighted by Crippen LogP contribution is 2.33. The summed E-state index contributed by atoms with van der Waals surface area (Å²) < 4.78 is 5.65. The number of carbonyl (C=O) groups is 2. The summed E-state index contributed by atoms with van der Waals surface area (Å²) in [4.78, 5) is 31.5. The summed E-state index contributed by atoms with van der Waals surface area (Å²) in [6.45, 7) is 5.46. The Morgan fingerprint density at radius 3 is 2.92 bits per heavy atom. The minimum Gasteiger partial charge on any atom is -0.479 e. The van der Waals surface area contributed by atoms with Gasteiger partial charge in [-0.05, 0) is 38.4 Å². The molecular formula is C19H25N3O3. The van der Waals surface area contributed by atoms with E-state index in [0.29, 0.717) is 17.5 Å². The van der Waals surface area contributed by atoms with Crippen LogP contribution in [0.15, 0.2) is 24.3 Å². The van der Waals surface area contributed by atoms with E-state index in [0.717, 1.165) is 26.2 Å². The van der Waals surface area contributed by atoms with E-state index in [1.165, 1.54) is 19.3 Å². The van der Waals surface area contributed by atoms with Crippen molar-refractivity contribution in [3.05, 3.63) is 24.3 Å². The first kappa shape index (κ1) is 16.4. The highest BCUT2D eigenvalue weighted by Gasteiger charge is 2.35. The molecule has 3 aliphatic rings. The fourth-order valence-corrected chi connectivity index (χ4v) is 4.14. The molecule has 6 heteroatoms. The molecule has 4 rings (SSSR count). The molecule has 0 bridgehead atoms. The molecule has 0 aliphatic carbocycles. The minimum absolute atomic E-state index is 0.0301. The molecule has 3 heterocycles. The zero-order chi connectivity index (χ0) is 17.4. The second kappa shape index (κ2) is 6.67. The maximum atomic E-state index is 12.9. The van der Waals surface area contributed by atoms with Crippen molar-refractivity contribution < 1.29 is 14.3 Å². The van der Waals surface area contributed by atoms with Crippen LogP contribution in [0.4, 0.5) is 5.69 Å². The van der Waals surface area contributed by atoms with Crippen molar-refractivity contribution in [2.45, 2.75) is 38.3 Å². The lowest BCUT2D eigenvalue weighted by Crippen LogP contribution is -2.58. The summed E-state index contributed by atoms with van der Waals surface area (Å²) >= 11 is 0. The van der Waals surface area contributed by atoms with E-state index >= 15 is 0 Å². The summed E-state index contributed by atoms with van der Waals surface area (Å²) in [5, 5.41) is 0. The van der Waals surface area contributed by atoms with Gasteiger partial charge in [-0.3, -0.25) is 19.4 Å². The predicted octanol–water partition coefficient (Wildman–Crippen LogP) is 1.50. The van der Waals surface area contributed by atoms with Crippen LogP contribution in [0.1, 0.15) is 26.2 Å². The number of ether oxygens (including phenoxy) is 1. The Labute approximate surface area is 148 Å². The Kier molecular flexibility index (Phi) is 4.37. The molecule has 1 aromatic rings. The molecule has 0 aromatic heterocycles. The lowest BCUT2D eigenvalue weighted by atomic mass is 9.99. The van der Waals surface area contributed by atoms with E-state index in [2.05, 4.69) is 4.90 Å². The normalized spacial score (nSPS) is 26.7. The van der Waals surface area contributed by atoms with Gasteiger partial charge in [-0.15, -0.1) is 0 Å². The molecule has 0 N–H and O–H groups in total. The van der Waals surface area contributed by atoms with Crippen LogP contribution in [0, 0.1) is 0 Å². The van der Waals surface area contributed by atoms with E-state index < -0.39 is 6.10 Å². The number of nitrogens with zero attached hydrogens (tertiary/aromatic N) is 3.